The van der Waals surface area contributed by atoms with Crippen molar-refractivity contribution in [3.05, 3.63) is 60.2 Å². The number of nitrogens with two attached hydrogens (primary N) is 1. The van der Waals surface area contributed by atoms with Gasteiger partial charge in [-0.1, -0.05) is 54.6 Å². The summed E-state index contributed by atoms with van der Waals surface area (Å²) in [5.74, 6) is -0.160. The molecule has 2 aromatic rings. The third-order valence-corrected chi connectivity index (χ3v) is 4.90. The second-order valence-corrected chi connectivity index (χ2v) is 6.66. The van der Waals surface area contributed by atoms with Gasteiger partial charge in [0.1, 0.15) is 6.04 Å². The number of carbonyl (C=O) groups is 1. The van der Waals surface area contributed by atoms with Crippen LogP contribution in [0, 0.1) is 5.41 Å². The lowest BCUT2D eigenvalue weighted by Crippen LogP contribution is -2.37. The van der Waals surface area contributed by atoms with Gasteiger partial charge in [0.25, 0.3) is 0 Å². The summed E-state index contributed by atoms with van der Waals surface area (Å²) >= 11 is 0. The zero-order valence-electron chi connectivity index (χ0n) is 13.7. The summed E-state index contributed by atoms with van der Waals surface area (Å²) in [5, 5.41) is 12.0. The van der Waals surface area contributed by atoms with Crippen LogP contribution in [0.2, 0.25) is 0 Å². The van der Waals surface area contributed by atoms with Crippen LogP contribution in [-0.4, -0.2) is 24.2 Å². The highest BCUT2D eigenvalue weighted by molar-refractivity contribution is 5.83. The molecule has 1 amide bonds. The van der Waals surface area contributed by atoms with Crippen molar-refractivity contribution >= 4 is 5.91 Å². The van der Waals surface area contributed by atoms with Crippen molar-refractivity contribution in [1.82, 2.24) is 5.32 Å². The van der Waals surface area contributed by atoms with Crippen LogP contribution >= 0.6 is 0 Å². The van der Waals surface area contributed by atoms with Crippen molar-refractivity contribution in [1.29, 1.82) is 0 Å². The summed E-state index contributed by atoms with van der Waals surface area (Å²) in [7, 11) is 0. The Labute approximate surface area is 142 Å². The Bertz CT molecular complexity index is 679. The quantitative estimate of drug-likeness (QED) is 0.733. The first kappa shape index (κ1) is 16.7. The van der Waals surface area contributed by atoms with Crippen molar-refractivity contribution in [2.24, 2.45) is 11.1 Å². The molecule has 4 nitrogen and oxygen atoms in total. The zero-order chi connectivity index (χ0) is 17.0. The van der Waals surface area contributed by atoms with Gasteiger partial charge in [0.15, 0.2) is 0 Å². The Balaban J connectivity index is 1.60. The maximum Gasteiger partial charge on any atom is 0.241 e. The van der Waals surface area contributed by atoms with E-state index in [0.717, 1.165) is 36.0 Å². The molecule has 1 aliphatic rings. The summed E-state index contributed by atoms with van der Waals surface area (Å²) in [5.41, 5.74) is 9.24. The summed E-state index contributed by atoms with van der Waals surface area (Å²) in [6, 6.07) is 17.2. The fourth-order valence-corrected chi connectivity index (χ4v) is 2.98. The smallest absolute Gasteiger partial charge is 0.241 e. The molecule has 0 saturated heterocycles. The molecular weight excluding hydrogens is 300 g/mol. The fourth-order valence-electron chi connectivity index (χ4n) is 2.98. The zero-order valence-corrected chi connectivity index (χ0v) is 13.7. The summed E-state index contributed by atoms with van der Waals surface area (Å²) < 4.78 is 0. The molecule has 4 N–H and O–H groups in total. The van der Waals surface area contributed by atoms with Gasteiger partial charge in [0.2, 0.25) is 5.91 Å². The van der Waals surface area contributed by atoms with Crippen LogP contribution in [-0.2, 0) is 4.79 Å². The molecule has 0 aliphatic heterocycles. The molecule has 1 aliphatic carbocycles. The van der Waals surface area contributed by atoms with E-state index in [0.29, 0.717) is 6.54 Å². The number of rotatable bonds is 7. The minimum Gasteiger partial charge on any atom is -0.396 e. The van der Waals surface area contributed by atoms with Gasteiger partial charge in [-0.2, -0.15) is 0 Å². The molecule has 0 spiro atoms. The number of aliphatic hydroxyl groups excluding tert-OH is 1. The van der Waals surface area contributed by atoms with Gasteiger partial charge in [0.05, 0.1) is 0 Å². The molecule has 2 aromatic carbocycles. The van der Waals surface area contributed by atoms with E-state index in [9.17, 15) is 4.79 Å². The number of amides is 1. The van der Waals surface area contributed by atoms with Crippen molar-refractivity contribution in [2.75, 3.05) is 13.2 Å². The van der Waals surface area contributed by atoms with Crippen LogP contribution in [0.3, 0.4) is 0 Å². The number of hydrogen-bond acceptors (Lipinski definition) is 3. The minimum absolute atomic E-state index is 0.0985. The van der Waals surface area contributed by atoms with E-state index in [1.54, 1.807) is 0 Å². The molecule has 126 valence electrons. The third-order valence-electron chi connectivity index (χ3n) is 4.90. The maximum absolute atomic E-state index is 12.3. The van der Waals surface area contributed by atoms with Crippen LogP contribution in [0.25, 0.3) is 11.1 Å². The molecule has 3 rings (SSSR count). The van der Waals surface area contributed by atoms with Crippen LogP contribution in [0.15, 0.2) is 54.6 Å². The van der Waals surface area contributed by atoms with E-state index in [2.05, 4.69) is 17.4 Å². The number of hydrogen-bond donors (Lipinski definition) is 3. The summed E-state index contributed by atoms with van der Waals surface area (Å²) in [4.78, 5) is 12.3. The largest absolute Gasteiger partial charge is 0.396 e. The molecule has 0 radical (unpaired) electrons. The molecule has 1 fully saturated rings. The van der Waals surface area contributed by atoms with Gasteiger partial charge in [-0.3, -0.25) is 4.79 Å². The van der Waals surface area contributed by atoms with E-state index in [-0.39, 0.29) is 17.9 Å². The van der Waals surface area contributed by atoms with E-state index >= 15 is 0 Å². The Morgan fingerprint density at radius 3 is 2.29 bits per heavy atom. The second kappa shape index (κ2) is 7.16. The molecular formula is C20H24N2O2. The lowest BCUT2D eigenvalue weighted by atomic mass is 10.00. The van der Waals surface area contributed by atoms with Gasteiger partial charge in [0, 0.05) is 13.2 Å². The first-order valence-electron chi connectivity index (χ1n) is 8.43. The molecule has 24 heavy (non-hydrogen) atoms. The van der Waals surface area contributed by atoms with Gasteiger partial charge >= 0.3 is 0 Å². The first-order chi connectivity index (χ1) is 11.6. The minimum atomic E-state index is -0.667. The van der Waals surface area contributed by atoms with Crippen LogP contribution in [0.1, 0.15) is 30.9 Å². The van der Waals surface area contributed by atoms with Crippen molar-refractivity contribution in [2.45, 2.75) is 25.3 Å². The topological polar surface area (TPSA) is 75.4 Å². The Kier molecular flexibility index (Phi) is 4.97. The predicted octanol–water partition coefficient (Wildman–Crippen LogP) is 2.63. The lowest BCUT2D eigenvalue weighted by Gasteiger charge is -2.17. The van der Waals surface area contributed by atoms with Crippen molar-refractivity contribution in [3.8, 4) is 11.1 Å². The lowest BCUT2D eigenvalue weighted by molar-refractivity contribution is -0.122. The summed E-state index contributed by atoms with van der Waals surface area (Å²) in [6.45, 7) is 0.769. The molecule has 0 heterocycles. The first-order valence-corrected chi connectivity index (χ1v) is 8.43. The highest BCUT2D eigenvalue weighted by atomic mass is 16.3. The average molecular weight is 324 g/mol. The van der Waals surface area contributed by atoms with Gasteiger partial charge in [-0.15, -0.1) is 0 Å². The Morgan fingerprint density at radius 1 is 1.08 bits per heavy atom. The van der Waals surface area contributed by atoms with E-state index < -0.39 is 6.04 Å². The average Bonchev–Trinajstić information content (AvgIpc) is 3.40. The normalized spacial score (nSPS) is 16.4. The molecule has 1 unspecified atom stereocenters. The van der Waals surface area contributed by atoms with E-state index in [1.165, 1.54) is 0 Å². The van der Waals surface area contributed by atoms with Gasteiger partial charge < -0.3 is 16.2 Å². The monoisotopic (exact) mass is 324 g/mol. The summed E-state index contributed by atoms with van der Waals surface area (Å²) in [6.07, 6.45) is 2.87. The SMILES string of the molecule is NC(C(=O)NCC1(CCO)CC1)c1ccc(-c2ccccc2)cc1. The Morgan fingerprint density at radius 2 is 1.71 bits per heavy atom. The molecule has 4 heteroatoms. The second-order valence-electron chi connectivity index (χ2n) is 6.66. The number of carbonyl (C=O) groups excluding carboxylic acids is 1. The van der Waals surface area contributed by atoms with Crippen molar-refractivity contribution in [3.63, 3.8) is 0 Å². The highest BCUT2D eigenvalue weighted by Gasteiger charge is 2.42. The predicted molar refractivity (Wildman–Crippen MR) is 95.2 cm³/mol. The van der Waals surface area contributed by atoms with E-state index in [4.69, 9.17) is 10.8 Å². The van der Waals surface area contributed by atoms with Gasteiger partial charge in [-0.25, -0.2) is 0 Å². The maximum atomic E-state index is 12.3. The van der Waals surface area contributed by atoms with Gasteiger partial charge in [-0.05, 0) is 41.4 Å². The molecule has 0 aromatic heterocycles. The fraction of sp³-hybridized carbons (Fsp3) is 0.350. The number of nitrogens with one attached hydrogen (secondary N) is 1. The molecule has 0 bridgehead atoms. The highest BCUT2D eigenvalue weighted by Crippen LogP contribution is 2.47. The van der Waals surface area contributed by atoms with Crippen molar-refractivity contribution < 1.29 is 9.90 Å². The van der Waals surface area contributed by atoms with Crippen LogP contribution < -0.4 is 11.1 Å². The number of aliphatic hydroxyl groups is 1. The molecule has 1 atom stereocenters. The molecule has 1 saturated carbocycles. The van der Waals surface area contributed by atoms with Crippen LogP contribution in [0.5, 0.6) is 0 Å². The third kappa shape index (κ3) is 3.83. The van der Waals surface area contributed by atoms with Crippen LogP contribution in [0.4, 0.5) is 0 Å². The number of benzene rings is 2. The standard InChI is InChI=1S/C20H24N2O2/c21-18(19(24)22-14-20(10-11-20)12-13-23)17-8-6-16(7-9-17)15-4-2-1-3-5-15/h1-9,18,23H,10-14,21H2,(H,22,24). The Hall–Kier alpha value is -2.17. The van der Waals surface area contributed by atoms with E-state index in [1.807, 2.05) is 42.5 Å².